The molecule has 0 amide bonds. The van der Waals surface area contributed by atoms with Crippen LogP contribution in [0.25, 0.3) is 5.57 Å². The Morgan fingerprint density at radius 1 is 1.00 bits per heavy atom. The Morgan fingerprint density at radius 2 is 1.80 bits per heavy atom. The van der Waals surface area contributed by atoms with Crippen molar-refractivity contribution >= 4 is 5.57 Å². The summed E-state index contributed by atoms with van der Waals surface area (Å²) in [4.78, 5) is 0. The normalized spacial score (nSPS) is 24.9. The van der Waals surface area contributed by atoms with Crippen molar-refractivity contribution in [1.82, 2.24) is 0 Å². The second kappa shape index (κ2) is 11.8. The third kappa shape index (κ3) is 6.53. The predicted molar refractivity (Wildman–Crippen MR) is 124 cm³/mol. The van der Waals surface area contributed by atoms with E-state index in [1.54, 1.807) is 12.1 Å². The SMILES string of the molecule is CCCCCC1CCC(C=CCCc2ccc(C3=CCC(C)CC3)c(F)c2F)CC1. The molecule has 2 heteroatoms. The van der Waals surface area contributed by atoms with Crippen LogP contribution in [0.2, 0.25) is 0 Å². The van der Waals surface area contributed by atoms with Gasteiger partial charge < -0.3 is 0 Å². The zero-order chi connectivity index (χ0) is 21.3. The third-order valence-corrected chi connectivity index (χ3v) is 7.28. The Bertz CT molecular complexity index is 722. The average Bonchev–Trinajstić information content (AvgIpc) is 2.76. The van der Waals surface area contributed by atoms with E-state index >= 15 is 0 Å². The van der Waals surface area contributed by atoms with Crippen molar-refractivity contribution in [1.29, 1.82) is 0 Å². The molecule has 0 spiro atoms. The van der Waals surface area contributed by atoms with E-state index in [1.807, 2.05) is 0 Å². The maximum atomic E-state index is 14.7. The van der Waals surface area contributed by atoms with Crippen molar-refractivity contribution in [2.24, 2.45) is 17.8 Å². The summed E-state index contributed by atoms with van der Waals surface area (Å²) in [6.07, 6.45) is 21.6. The first-order valence-corrected chi connectivity index (χ1v) is 12.4. The van der Waals surface area contributed by atoms with E-state index in [0.29, 0.717) is 29.4 Å². The van der Waals surface area contributed by atoms with Crippen LogP contribution >= 0.6 is 0 Å². The molecule has 1 atom stereocenters. The van der Waals surface area contributed by atoms with Crippen molar-refractivity contribution in [2.75, 3.05) is 0 Å². The maximum Gasteiger partial charge on any atom is 0.166 e. The lowest BCUT2D eigenvalue weighted by Crippen LogP contribution is -2.13. The first kappa shape index (κ1) is 23.2. The molecule has 0 N–H and O–H groups in total. The van der Waals surface area contributed by atoms with Gasteiger partial charge in [-0.05, 0) is 86.7 Å². The zero-order valence-corrected chi connectivity index (χ0v) is 19.1. The highest BCUT2D eigenvalue weighted by molar-refractivity contribution is 5.67. The molecule has 1 fully saturated rings. The molecule has 2 aliphatic rings. The Balaban J connectivity index is 1.46. The fourth-order valence-electron chi connectivity index (χ4n) is 5.12. The molecule has 0 bridgehead atoms. The van der Waals surface area contributed by atoms with Crippen LogP contribution in [0, 0.1) is 29.4 Å². The lowest BCUT2D eigenvalue weighted by atomic mass is 9.79. The van der Waals surface area contributed by atoms with Gasteiger partial charge in [0.2, 0.25) is 0 Å². The van der Waals surface area contributed by atoms with E-state index in [2.05, 4.69) is 32.1 Å². The van der Waals surface area contributed by atoms with Gasteiger partial charge in [0.25, 0.3) is 0 Å². The molecule has 166 valence electrons. The lowest BCUT2D eigenvalue weighted by Gasteiger charge is -2.26. The van der Waals surface area contributed by atoms with E-state index in [4.69, 9.17) is 0 Å². The topological polar surface area (TPSA) is 0 Å². The summed E-state index contributed by atoms with van der Waals surface area (Å²) in [5.41, 5.74) is 1.95. The number of halogens is 2. The van der Waals surface area contributed by atoms with Gasteiger partial charge in [-0.3, -0.25) is 0 Å². The predicted octanol–water partition coefficient (Wildman–Crippen LogP) is 9.04. The molecule has 1 aromatic rings. The number of aryl methyl sites for hydroxylation is 1. The number of benzene rings is 1. The van der Waals surface area contributed by atoms with Crippen molar-refractivity contribution in [3.8, 4) is 0 Å². The lowest BCUT2D eigenvalue weighted by molar-refractivity contribution is 0.289. The van der Waals surface area contributed by atoms with Gasteiger partial charge in [0.05, 0.1) is 0 Å². The number of rotatable bonds is 9. The van der Waals surface area contributed by atoms with E-state index in [0.717, 1.165) is 37.2 Å². The highest BCUT2D eigenvalue weighted by Gasteiger charge is 2.20. The maximum absolute atomic E-state index is 14.7. The fraction of sp³-hybridized carbons (Fsp3) is 0.643. The van der Waals surface area contributed by atoms with Crippen LogP contribution in [0.1, 0.15) is 102 Å². The van der Waals surface area contributed by atoms with Crippen LogP contribution in [0.15, 0.2) is 30.4 Å². The molecule has 1 aromatic carbocycles. The first-order chi connectivity index (χ1) is 14.6. The van der Waals surface area contributed by atoms with Crippen molar-refractivity contribution < 1.29 is 8.78 Å². The highest BCUT2D eigenvalue weighted by atomic mass is 19.2. The molecule has 30 heavy (non-hydrogen) atoms. The van der Waals surface area contributed by atoms with Gasteiger partial charge in [0.1, 0.15) is 0 Å². The van der Waals surface area contributed by atoms with Crippen molar-refractivity contribution in [3.63, 3.8) is 0 Å². The van der Waals surface area contributed by atoms with Crippen LogP contribution in [0.3, 0.4) is 0 Å². The number of hydrogen-bond acceptors (Lipinski definition) is 0. The minimum absolute atomic E-state index is 0.467. The average molecular weight is 415 g/mol. The Morgan fingerprint density at radius 3 is 2.50 bits per heavy atom. The van der Waals surface area contributed by atoms with Crippen LogP contribution in [0.5, 0.6) is 0 Å². The molecule has 1 unspecified atom stereocenters. The van der Waals surface area contributed by atoms with Gasteiger partial charge in [-0.25, -0.2) is 8.78 Å². The van der Waals surface area contributed by atoms with E-state index < -0.39 is 11.6 Å². The molecule has 0 aliphatic heterocycles. The molecule has 2 aliphatic carbocycles. The van der Waals surface area contributed by atoms with Gasteiger partial charge in [-0.1, -0.05) is 69.9 Å². The Labute approximate surface area is 182 Å². The molecule has 1 saturated carbocycles. The van der Waals surface area contributed by atoms with Crippen molar-refractivity contribution in [2.45, 2.75) is 97.3 Å². The number of unbranched alkanes of at least 4 members (excludes halogenated alkanes) is 2. The summed E-state index contributed by atoms with van der Waals surface area (Å²) in [5, 5.41) is 0. The summed E-state index contributed by atoms with van der Waals surface area (Å²) in [7, 11) is 0. The monoisotopic (exact) mass is 414 g/mol. The standard InChI is InChI=1S/C28H40F2/c1-3-4-5-8-22-13-15-23(16-14-22)9-6-7-10-25-19-20-26(28(30)27(25)29)24-17-11-21(2)12-18-24/h6,9,17,19-23H,3-5,7-8,10-16,18H2,1-2H3. The fourth-order valence-corrected chi connectivity index (χ4v) is 5.12. The van der Waals surface area contributed by atoms with Gasteiger partial charge in [-0.15, -0.1) is 0 Å². The first-order valence-electron chi connectivity index (χ1n) is 12.4. The Kier molecular flexibility index (Phi) is 9.15. The van der Waals surface area contributed by atoms with Crippen LogP contribution in [-0.2, 0) is 6.42 Å². The van der Waals surface area contributed by atoms with Gasteiger partial charge in [0, 0.05) is 5.56 Å². The summed E-state index contributed by atoms with van der Waals surface area (Å²) >= 11 is 0. The quantitative estimate of drug-likeness (QED) is 0.279. The van der Waals surface area contributed by atoms with E-state index in [1.165, 1.54) is 51.4 Å². The van der Waals surface area contributed by atoms with Gasteiger partial charge >= 0.3 is 0 Å². The second-order valence-corrected chi connectivity index (χ2v) is 9.75. The molecule has 0 aromatic heterocycles. The van der Waals surface area contributed by atoms with Crippen molar-refractivity contribution in [3.05, 3.63) is 53.1 Å². The van der Waals surface area contributed by atoms with Gasteiger partial charge in [0.15, 0.2) is 11.6 Å². The summed E-state index contributed by atoms with van der Waals surface area (Å²) in [5.74, 6) is 0.951. The number of allylic oxidation sites excluding steroid dienone is 4. The van der Waals surface area contributed by atoms with E-state index in [-0.39, 0.29) is 0 Å². The summed E-state index contributed by atoms with van der Waals surface area (Å²) in [6.45, 7) is 4.48. The molecule has 3 rings (SSSR count). The van der Waals surface area contributed by atoms with E-state index in [9.17, 15) is 8.78 Å². The molecular formula is C28H40F2. The van der Waals surface area contributed by atoms with Crippen LogP contribution in [0.4, 0.5) is 8.78 Å². The molecular weight excluding hydrogens is 374 g/mol. The Hall–Kier alpha value is -1.44. The zero-order valence-electron chi connectivity index (χ0n) is 19.1. The smallest absolute Gasteiger partial charge is 0.166 e. The van der Waals surface area contributed by atoms with Crippen LogP contribution < -0.4 is 0 Å². The second-order valence-electron chi connectivity index (χ2n) is 9.75. The molecule has 0 saturated heterocycles. The minimum atomic E-state index is -0.654. The third-order valence-electron chi connectivity index (χ3n) is 7.28. The largest absolute Gasteiger partial charge is 0.203 e. The molecule has 0 nitrogen and oxygen atoms in total. The number of hydrogen-bond donors (Lipinski definition) is 0. The summed E-state index contributed by atoms with van der Waals surface area (Å²) in [6, 6.07) is 3.58. The molecule has 0 radical (unpaired) electrons. The minimum Gasteiger partial charge on any atom is -0.203 e. The molecule has 0 heterocycles. The highest BCUT2D eigenvalue weighted by Crippen LogP contribution is 2.34. The van der Waals surface area contributed by atoms with Gasteiger partial charge in [-0.2, -0.15) is 0 Å². The van der Waals surface area contributed by atoms with Crippen LogP contribution in [-0.4, -0.2) is 0 Å². The summed E-state index contributed by atoms with van der Waals surface area (Å²) < 4.78 is 29.3.